The lowest BCUT2D eigenvalue weighted by Crippen LogP contribution is -2.14. The maximum atomic E-state index is 5.96. The number of benzene rings is 1. The third-order valence-corrected chi connectivity index (χ3v) is 4.83. The summed E-state index contributed by atoms with van der Waals surface area (Å²) in [6.45, 7) is 7.82. The number of aromatic nitrogens is 1. The minimum absolute atomic E-state index is 0.553. The van der Waals surface area contributed by atoms with Gasteiger partial charge >= 0.3 is 0 Å². The van der Waals surface area contributed by atoms with Crippen LogP contribution in [-0.2, 0) is 13.2 Å². The highest BCUT2D eigenvalue weighted by molar-refractivity contribution is 7.11. The van der Waals surface area contributed by atoms with Crippen molar-refractivity contribution in [1.82, 2.24) is 10.3 Å². The molecule has 1 heterocycles. The van der Waals surface area contributed by atoms with Crippen LogP contribution in [0.2, 0.25) is 0 Å². The summed E-state index contributed by atoms with van der Waals surface area (Å²) >= 11 is 1.74. The fraction of sp³-hybridized carbons (Fsp3) is 0.471. The zero-order valence-corrected chi connectivity index (χ0v) is 13.7. The Kier molecular flexibility index (Phi) is 4.27. The van der Waals surface area contributed by atoms with Crippen molar-refractivity contribution in [2.75, 3.05) is 0 Å². The molecule has 0 radical (unpaired) electrons. The summed E-state index contributed by atoms with van der Waals surface area (Å²) in [6, 6.07) is 5.03. The van der Waals surface area contributed by atoms with Crippen molar-refractivity contribution in [3.05, 3.63) is 44.9 Å². The van der Waals surface area contributed by atoms with Gasteiger partial charge in [0.15, 0.2) is 0 Å². The van der Waals surface area contributed by atoms with E-state index in [1.54, 1.807) is 11.3 Å². The van der Waals surface area contributed by atoms with Gasteiger partial charge in [0.2, 0.25) is 0 Å². The van der Waals surface area contributed by atoms with Gasteiger partial charge in [-0.3, -0.25) is 0 Å². The Morgan fingerprint density at radius 1 is 1.29 bits per heavy atom. The molecule has 2 aromatic rings. The van der Waals surface area contributed by atoms with Crippen molar-refractivity contribution >= 4 is 11.3 Å². The van der Waals surface area contributed by atoms with Gasteiger partial charge in [0, 0.05) is 23.7 Å². The van der Waals surface area contributed by atoms with Crippen LogP contribution >= 0.6 is 11.3 Å². The lowest BCUT2D eigenvalue weighted by atomic mass is 10.1. The number of ether oxygens (including phenoxy) is 1. The molecule has 1 aliphatic rings. The molecule has 1 aliphatic carbocycles. The molecule has 3 nitrogen and oxygen atoms in total. The lowest BCUT2D eigenvalue weighted by molar-refractivity contribution is 0.303. The monoisotopic (exact) mass is 302 g/mol. The molecule has 112 valence electrons. The predicted octanol–water partition coefficient (Wildman–Crippen LogP) is 3.90. The van der Waals surface area contributed by atoms with Crippen molar-refractivity contribution in [3.63, 3.8) is 0 Å². The summed E-state index contributed by atoms with van der Waals surface area (Å²) in [7, 11) is 0. The molecule has 0 saturated heterocycles. The van der Waals surface area contributed by atoms with Crippen LogP contribution in [0.3, 0.4) is 0 Å². The molecule has 0 aliphatic heterocycles. The summed E-state index contributed by atoms with van der Waals surface area (Å²) < 4.78 is 5.96. The Bertz CT molecular complexity index is 632. The largest absolute Gasteiger partial charge is 0.486 e. The van der Waals surface area contributed by atoms with Crippen LogP contribution in [-0.4, -0.2) is 11.0 Å². The first-order valence-electron chi connectivity index (χ1n) is 7.49. The van der Waals surface area contributed by atoms with E-state index >= 15 is 0 Å². The van der Waals surface area contributed by atoms with Crippen molar-refractivity contribution in [2.45, 2.75) is 52.8 Å². The number of rotatable bonds is 6. The van der Waals surface area contributed by atoms with Crippen LogP contribution in [0.5, 0.6) is 5.75 Å². The minimum Gasteiger partial charge on any atom is -0.486 e. The molecule has 0 unspecified atom stereocenters. The maximum Gasteiger partial charge on any atom is 0.140 e. The molecule has 1 fully saturated rings. The second-order valence-electron chi connectivity index (χ2n) is 5.87. The molecule has 0 amide bonds. The third-order valence-electron chi connectivity index (χ3n) is 3.86. The zero-order chi connectivity index (χ0) is 14.8. The second-order valence-corrected chi connectivity index (χ2v) is 7.07. The highest BCUT2D eigenvalue weighted by Crippen LogP contribution is 2.25. The van der Waals surface area contributed by atoms with E-state index in [9.17, 15) is 0 Å². The van der Waals surface area contributed by atoms with E-state index in [0.29, 0.717) is 6.61 Å². The molecular weight excluding hydrogens is 280 g/mol. The van der Waals surface area contributed by atoms with Gasteiger partial charge < -0.3 is 10.1 Å². The van der Waals surface area contributed by atoms with Crippen molar-refractivity contribution < 1.29 is 4.74 Å². The molecule has 0 spiro atoms. The molecule has 1 aromatic heterocycles. The summed E-state index contributed by atoms with van der Waals surface area (Å²) in [5, 5.41) is 4.56. The van der Waals surface area contributed by atoms with E-state index in [1.807, 2.05) is 6.20 Å². The van der Waals surface area contributed by atoms with E-state index < -0.39 is 0 Å². The first-order valence-corrected chi connectivity index (χ1v) is 8.31. The molecule has 21 heavy (non-hydrogen) atoms. The average Bonchev–Trinajstić information content (AvgIpc) is 3.17. The second kappa shape index (κ2) is 6.16. The van der Waals surface area contributed by atoms with Crippen LogP contribution < -0.4 is 10.1 Å². The van der Waals surface area contributed by atoms with Gasteiger partial charge in [0.05, 0.1) is 0 Å². The first kappa shape index (κ1) is 14.5. The average molecular weight is 302 g/mol. The van der Waals surface area contributed by atoms with Crippen LogP contribution in [0.4, 0.5) is 0 Å². The van der Waals surface area contributed by atoms with Crippen LogP contribution in [0.25, 0.3) is 0 Å². The Hall–Kier alpha value is -1.39. The number of hydrogen-bond donors (Lipinski definition) is 1. The van der Waals surface area contributed by atoms with E-state index in [1.165, 1.54) is 34.4 Å². The van der Waals surface area contributed by atoms with Crippen LogP contribution in [0, 0.1) is 20.8 Å². The minimum atomic E-state index is 0.553. The first-order chi connectivity index (χ1) is 10.1. The van der Waals surface area contributed by atoms with Gasteiger partial charge in [0.25, 0.3) is 0 Å². The molecule has 3 rings (SSSR count). The zero-order valence-electron chi connectivity index (χ0n) is 12.9. The van der Waals surface area contributed by atoms with Crippen LogP contribution in [0.15, 0.2) is 18.3 Å². The number of hydrogen-bond acceptors (Lipinski definition) is 4. The summed E-state index contributed by atoms with van der Waals surface area (Å²) in [5.74, 6) is 0.973. The molecule has 1 aromatic carbocycles. The van der Waals surface area contributed by atoms with Crippen molar-refractivity contribution in [1.29, 1.82) is 0 Å². The topological polar surface area (TPSA) is 34.1 Å². The summed E-state index contributed by atoms with van der Waals surface area (Å²) in [4.78, 5) is 5.75. The molecule has 0 atom stereocenters. The third kappa shape index (κ3) is 3.83. The van der Waals surface area contributed by atoms with Gasteiger partial charge in [0.1, 0.15) is 17.4 Å². The van der Waals surface area contributed by atoms with Gasteiger partial charge in [-0.15, -0.1) is 11.3 Å². The standard InChI is InChI=1S/C17H22N2OS/c1-11-6-12(2)13(3)16(7-11)20-10-17-19-9-15(21-17)8-18-14-4-5-14/h6-7,9,14,18H,4-5,8,10H2,1-3H3. The normalized spacial score (nSPS) is 14.4. The van der Waals surface area contributed by atoms with Gasteiger partial charge in [-0.25, -0.2) is 4.98 Å². The van der Waals surface area contributed by atoms with Gasteiger partial charge in [-0.1, -0.05) is 6.07 Å². The molecular formula is C17H22N2OS. The van der Waals surface area contributed by atoms with Crippen molar-refractivity contribution in [2.24, 2.45) is 0 Å². The van der Waals surface area contributed by atoms with Crippen LogP contribution in [0.1, 0.15) is 39.4 Å². The van der Waals surface area contributed by atoms with Crippen molar-refractivity contribution in [3.8, 4) is 5.75 Å². The Morgan fingerprint density at radius 3 is 2.86 bits per heavy atom. The van der Waals surface area contributed by atoms with E-state index in [-0.39, 0.29) is 0 Å². The highest BCUT2D eigenvalue weighted by Gasteiger charge is 2.20. The van der Waals surface area contributed by atoms with Gasteiger partial charge in [-0.05, 0) is 56.4 Å². The molecule has 1 N–H and O–H groups in total. The Balaban J connectivity index is 1.59. The quantitative estimate of drug-likeness (QED) is 0.879. The Labute approximate surface area is 130 Å². The predicted molar refractivity (Wildman–Crippen MR) is 87.0 cm³/mol. The fourth-order valence-electron chi connectivity index (χ4n) is 2.32. The van der Waals surface area contributed by atoms with Gasteiger partial charge in [-0.2, -0.15) is 0 Å². The molecule has 1 saturated carbocycles. The number of aryl methyl sites for hydroxylation is 2. The van der Waals surface area contributed by atoms with E-state index in [0.717, 1.165) is 23.3 Å². The maximum absolute atomic E-state index is 5.96. The SMILES string of the molecule is Cc1cc(C)c(C)c(OCc2ncc(CNC3CC3)s2)c1. The number of nitrogens with one attached hydrogen (secondary N) is 1. The van der Waals surface area contributed by atoms with E-state index in [2.05, 4.69) is 43.2 Å². The fourth-order valence-corrected chi connectivity index (χ4v) is 3.11. The lowest BCUT2D eigenvalue weighted by Gasteiger charge is -2.11. The summed E-state index contributed by atoms with van der Waals surface area (Å²) in [6.07, 6.45) is 4.61. The highest BCUT2D eigenvalue weighted by atomic mass is 32.1. The molecule has 0 bridgehead atoms. The Morgan fingerprint density at radius 2 is 2.10 bits per heavy atom. The smallest absolute Gasteiger partial charge is 0.140 e. The summed E-state index contributed by atoms with van der Waals surface area (Å²) in [5.41, 5.74) is 3.73. The van der Waals surface area contributed by atoms with E-state index in [4.69, 9.17) is 4.74 Å². The molecule has 4 heteroatoms. The number of thiazole rings is 1. The number of nitrogens with zero attached hydrogens (tertiary/aromatic N) is 1.